The summed E-state index contributed by atoms with van der Waals surface area (Å²) in [4.78, 5) is 17.9. The molecule has 0 aromatic heterocycles. The fraction of sp³-hybridized carbons (Fsp3) is 0.250. The number of hydrogen-bond donors (Lipinski definition) is 0. The first-order chi connectivity index (χ1) is 16.5. The summed E-state index contributed by atoms with van der Waals surface area (Å²) in [7, 11) is 3.16. The van der Waals surface area contributed by atoms with Crippen LogP contribution in [0.3, 0.4) is 0 Å². The Hall–Kier alpha value is -3.44. The van der Waals surface area contributed by atoms with Crippen LogP contribution in [-0.2, 0) is 6.42 Å². The van der Waals surface area contributed by atoms with Gasteiger partial charge in [0.1, 0.15) is 0 Å². The van der Waals surface area contributed by atoms with Crippen molar-refractivity contribution in [3.05, 3.63) is 88.5 Å². The van der Waals surface area contributed by atoms with Crippen LogP contribution in [0, 0.1) is 0 Å². The van der Waals surface area contributed by atoms with Crippen LogP contribution in [0.2, 0.25) is 5.02 Å². The van der Waals surface area contributed by atoms with Gasteiger partial charge in [0.2, 0.25) is 0 Å². The van der Waals surface area contributed by atoms with Crippen LogP contribution in [0.15, 0.2) is 66.7 Å². The van der Waals surface area contributed by atoms with Gasteiger partial charge in [-0.25, -0.2) is 0 Å². The lowest BCUT2D eigenvalue weighted by atomic mass is 9.94. The van der Waals surface area contributed by atoms with E-state index in [2.05, 4.69) is 30.0 Å². The molecular weight excluding hydrogens is 448 g/mol. The zero-order valence-electron chi connectivity index (χ0n) is 19.5. The van der Waals surface area contributed by atoms with Crippen molar-refractivity contribution in [3.8, 4) is 11.5 Å². The highest BCUT2D eigenvalue weighted by Gasteiger charge is 2.33. The van der Waals surface area contributed by atoms with Gasteiger partial charge in [-0.15, -0.1) is 0 Å². The van der Waals surface area contributed by atoms with E-state index in [1.807, 2.05) is 35.2 Å². The third-order valence-corrected chi connectivity index (χ3v) is 6.93. The molecule has 2 aliphatic rings. The second-order valence-electron chi connectivity index (χ2n) is 8.55. The Kier molecular flexibility index (Phi) is 5.96. The predicted octanol–water partition coefficient (Wildman–Crippen LogP) is 6.20. The average molecular weight is 475 g/mol. The van der Waals surface area contributed by atoms with Crippen molar-refractivity contribution in [2.24, 2.45) is 0 Å². The fourth-order valence-corrected chi connectivity index (χ4v) is 5.25. The number of carbonyl (C=O) groups excluding carboxylic acids is 1. The quantitative estimate of drug-likeness (QED) is 0.451. The molecule has 34 heavy (non-hydrogen) atoms. The zero-order valence-corrected chi connectivity index (χ0v) is 20.3. The third-order valence-electron chi connectivity index (χ3n) is 6.58. The largest absolute Gasteiger partial charge is 0.493 e. The first-order valence-corrected chi connectivity index (χ1v) is 11.8. The van der Waals surface area contributed by atoms with E-state index < -0.39 is 0 Å². The number of benzene rings is 3. The Balaban J connectivity index is 1.57. The van der Waals surface area contributed by atoms with Gasteiger partial charge >= 0.3 is 0 Å². The Bertz CT molecular complexity index is 1290. The average Bonchev–Trinajstić information content (AvgIpc) is 2.87. The van der Waals surface area contributed by atoms with Gasteiger partial charge in [0.05, 0.1) is 25.9 Å². The number of amides is 1. The second kappa shape index (κ2) is 9.07. The smallest absolute Gasteiger partial charge is 0.258 e. The van der Waals surface area contributed by atoms with Crippen molar-refractivity contribution in [2.45, 2.75) is 25.8 Å². The van der Waals surface area contributed by atoms with Gasteiger partial charge in [0.15, 0.2) is 11.5 Å². The summed E-state index contributed by atoms with van der Waals surface area (Å²) in [6, 6.07) is 19.3. The number of ether oxygens (including phenoxy) is 2. The van der Waals surface area contributed by atoms with E-state index in [1.54, 1.807) is 32.4 Å². The summed E-state index contributed by atoms with van der Waals surface area (Å²) in [6.45, 7) is 2.96. The normalized spacial score (nSPS) is 16.9. The molecule has 3 aromatic carbocycles. The minimum absolute atomic E-state index is 0.0849. The Labute approximate surface area is 205 Å². The molecule has 0 fully saturated rings. The summed E-state index contributed by atoms with van der Waals surface area (Å²) < 4.78 is 10.8. The molecule has 5 nitrogen and oxygen atoms in total. The van der Waals surface area contributed by atoms with Crippen molar-refractivity contribution < 1.29 is 14.3 Å². The summed E-state index contributed by atoms with van der Waals surface area (Å²) in [5.41, 5.74) is 5.91. The van der Waals surface area contributed by atoms with Gasteiger partial charge in [-0.1, -0.05) is 35.9 Å². The summed E-state index contributed by atoms with van der Waals surface area (Å²) >= 11 is 6.54. The molecule has 1 unspecified atom stereocenters. The minimum atomic E-state index is -0.143. The maximum absolute atomic E-state index is 13.7. The van der Waals surface area contributed by atoms with Gasteiger partial charge in [0.25, 0.3) is 5.91 Å². The summed E-state index contributed by atoms with van der Waals surface area (Å²) in [5.74, 6) is 1.04. The number of nitrogens with zero attached hydrogens (tertiary/aromatic N) is 2. The number of fused-ring (bicyclic) bond motifs is 2. The van der Waals surface area contributed by atoms with Crippen LogP contribution in [0.5, 0.6) is 11.5 Å². The maximum Gasteiger partial charge on any atom is 0.258 e. The molecule has 5 rings (SSSR count). The highest BCUT2D eigenvalue weighted by atomic mass is 35.5. The van der Waals surface area contributed by atoms with Crippen LogP contribution in [0.1, 0.15) is 34.8 Å². The maximum atomic E-state index is 13.7. The molecule has 0 saturated carbocycles. The highest BCUT2D eigenvalue weighted by Crippen LogP contribution is 2.42. The predicted molar refractivity (Wildman–Crippen MR) is 137 cm³/mol. The first kappa shape index (κ1) is 22.4. The SMILES string of the molecule is COc1ccc(C(=O)N2c3ccccc3C(N3CCCc4c(Cl)cccc43)=CC2C)cc1OC. The molecular formula is C28H27ClN2O3. The lowest BCUT2D eigenvalue weighted by Crippen LogP contribution is -2.42. The minimum Gasteiger partial charge on any atom is -0.493 e. The van der Waals surface area contributed by atoms with Crippen molar-refractivity contribution in [2.75, 3.05) is 30.6 Å². The van der Waals surface area contributed by atoms with Crippen LogP contribution < -0.4 is 19.3 Å². The number of methoxy groups -OCH3 is 2. The lowest BCUT2D eigenvalue weighted by molar-refractivity contribution is 0.0982. The van der Waals surface area contributed by atoms with E-state index in [4.69, 9.17) is 21.1 Å². The molecule has 0 aliphatic carbocycles. The number of para-hydroxylation sites is 1. The molecule has 3 aromatic rings. The molecule has 0 spiro atoms. The van der Waals surface area contributed by atoms with Crippen molar-refractivity contribution in [1.82, 2.24) is 0 Å². The molecule has 6 heteroatoms. The Morgan fingerprint density at radius 1 is 0.971 bits per heavy atom. The van der Waals surface area contributed by atoms with E-state index in [9.17, 15) is 4.79 Å². The van der Waals surface area contributed by atoms with E-state index in [1.165, 1.54) is 5.56 Å². The zero-order chi connectivity index (χ0) is 23.8. The Morgan fingerprint density at radius 2 is 1.74 bits per heavy atom. The van der Waals surface area contributed by atoms with E-state index >= 15 is 0 Å². The molecule has 1 atom stereocenters. The van der Waals surface area contributed by atoms with Gasteiger partial charge in [0, 0.05) is 34.1 Å². The summed E-state index contributed by atoms with van der Waals surface area (Å²) in [6.07, 6.45) is 4.18. The summed E-state index contributed by atoms with van der Waals surface area (Å²) in [5, 5.41) is 0.810. The van der Waals surface area contributed by atoms with Gasteiger partial charge in [-0.05, 0) is 67.8 Å². The molecule has 0 bridgehead atoms. The highest BCUT2D eigenvalue weighted by molar-refractivity contribution is 6.31. The number of halogens is 1. The monoisotopic (exact) mass is 474 g/mol. The standard InChI is InChI=1S/C28H27ClN2O3/c1-18-16-25(30-15-7-9-20-22(29)10-6-12-23(20)30)21-8-4-5-11-24(21)31(18)28(32)19-13-14-26(33-2)27(17-19)34-3/h4-6,8,10-14,16-18H,7,9,15H2,1-3H3. The number of hydrogen-bond acceptors (Lipinski definition) is 4. The third kappa shape index (κ3) is 3.70. The molecule has 2 heterocycles. The van der Waals surface area contributed by atoms with Crippen LogP contribution in [-0.4, -0.2) is 32.7 Å². The molecule has 1 amide bonds. The van der Waals surface area contributed by atoms with Crippen molar-refractivity contribution in [1.29, 1.82) is 0 Å². The number of carbonyl (C=O) groups is 1. The molecule has 174 valence electrons. The van der Waals surface area contributed by atoms with E-state index in [0.29, 0.717) is 17.1 Å². The van der Waals surface area contributed by atoms with Crippen molar-refractivity contribution >= 4 is 34.6 Å². The lowest BCUT2D eigenvalue weighted by Gasteiger charge is -2.40. The molecule has 0 saturated heterocycles. The van der Waals surface area contributed by atoms with E-state index in [-0.39, 0.29) is 11.9 Å². The van der Waals surface area contributed by atoms with Gasteiger partial charge in [-0.2, -0.15) is 0 Å². The van der Waals surface area contributed by atoms with E-state index in [0.717, 1.165) is 47.0 Å². The topological polar surface area (TPSA) is 42.0 Å². The van der Waals surface area contributed by atoms with Gasteiger partial charge in [-0.3, -0.25) is 4.79 Å². The van der Waals surface area contributed by atoms with Gasteiger partial charge < -0.3 is 19.3 Å². The first-order valence-electron chi connectivity index (χ1n) is 11.4. The Morgan fingerprint density at radius 3 is 2.53 bits per heavy atom. The number of anilines is 2. The number of rotatable bonds is 4. The van der Waals surface area contributed by atoms with Crippen LogP contribution in [0.25, 0.3) is 5.70 Å². The second-order valence-corrected chi connectivity index (χ2v) is 8.95. The fourth-order valence-electron chi connectivity index (χ4n) is 4.98. The molecule has 0 N–H and O–H groups in total. The van der Waals surface area contributed by atoms with Crippen LogP contribution in [0.4, 0.5) is 11.4 Å². The molecule has 0 radical (unpaired) electrons. The van der Waals surface area contributed by atoms with Crippen LogP contribution >= 0.6 is 11.6 Å². The van der Waals surface area contributed by atoms with Crippen molar-refractivity contribution in [3.63, 3.8) is 0 Å². The molecule has 2 aliphatic heterocycles.